The monoisotopic (exact) mass is 262 g/mol. The molecule has 0 fully saturated rings. The highest BCUT2D eigenvalue weighted by Gasteiger charge is 2.13. The Balaban J connectivity index is 2.13. The van der Waals surface area contributed by atoms with Crippen molar-refractivity contribution in [3.05, 3.63) is 48.0 Å². The summed E-state index contributed by atoms with van der Waals surface area (Å²) in [7, 11) is -3.57. The lowest BCUT2D eigenvalue weighted by Gasteiger charge is -2.05. The molecule has 0 saturated heterocycles. The highest BCUT2D eigenvalue weighted by molar-refractivity contribution is 7.89. The van der Waals surface area contributed by atoms with Gasteiger partial charge in [-0.3, -0.25) is 0 Å². The second-order valence-electron chi connectivity index (χ2n) is 3.54. The van der Waals surface area contributed by atoms with E-state index < -0.39 is 10.0 Å². The summed E-state index contributed by atoms with van der Waals surface area (Å²) in [5, 5.41) is 8.63. The van der Waals surface area contributed by atoms with Crippen LogP contribution in [0.15, 0.2) is 41.7 Å². The van der Waals surface area contributed by atoms with E-state index in [9.17, 15) is 8.42 Å². The van der Waals surface area contributed by atoms with Crippen LogP contribution in [0.1, 0.15) is 11.3 Å². The predicted octanol–water partition coefficient (Wildman–Crippen LogP) is 0.760. The molecule has 0 spiro atoms. The summed E-state index contributed by atoms with van der Waals surface area (Å²) in [6, 6.07) is 7.65. The van der Waals surface area contributed by atoms with E-state index >= 15 is 0 Å². The number of nitrogens with one attached hydrogen (secondary N) is 2. The first-order valence-corrected chi connectivity index (χ1v) is 6.57. The van der Waals surface area contributed by atoms with Crippen LogP contribution in [0.5, 0.6) is 0 Å². The molecule has 0 atom stereocenters. The van der Waals surface area contributed by atoms with Crippen LogP contribution in [0.4, 0.5) is 0 Å². The largest absolute Gasteiger partial charge is 0.347 e. The summed E-state index contributed by atoms with van der Waals surface area (Å²) in [5.74, 6) is 0. The number of rotatable bonds is 4. The Bertz CT molecular complexity index is 654. The zero-order valence-corrected chi connectivity index (χ0v) is 10.1. The summed E-state index contributed by atoms with van der Waals surface area (Å²) >= 11 is 0. The number of aromatic amines is 1. The standard InChI is InChI=1S/C11H10N4O2S/c12-5-9-1-3-11(4-2-9)18(16,17)15-7-10-6-13-8-14-10/h1-4,6,8,15H,7H2,(H,13,14). The van der Waals surface area contributed by atoms with Gasteiger partial charge in [0.05, 0.1) is 29.4 Å². The van der Waals surface area contributed by atoms with Crippen LogP contribution in [0.2, 0.25) is 0 Å². The Kier molecular flexibility index (Phi) is 3.41. The van der Waals surface area contributed by atoms with Gasteiger partial charge in [-0.15, -0.1) is 0 Å². The molecule has 1 aromatic carbocycles. The van der Waals surface area contributed by atoms with Crippen LogP contribution in [0.3, 0.4) is 0 Å². The van der Waals surface area contributed by atoms with Crippen molar-refractivity contribution in [2.75, 3.05) is 0 Å². The molecular formula is C11H10N4O2S. The van der Waals surface area contributed by atoms with Crippen molar-refractivity contribution in [1.82, 2.24) is 14.7 Å². The van der Waals surface area contributed by atoms with Gasteiger partial charge in [0.1, 0.15) is 0 Å². The minimum atomic E-state index is -3.57. The second-order valence-corrected chi connectivity index (χ2v) is 5.30. The summed E-state index contributed by atoms with van der Waals surface area (Å²) in [6.45, 7) is 0.141. The summed E-state index contributed by atoms with van der Waals surface area (Å²) in [6.07, 6.45) is 3.02. The third-order valence-corrected chi connectivity index (χ3v) is 3.72. The number of aromatic nitrogens is 2. The number of imidazole rings is 1. The number of H-pyrrole nitrogens is 1. The first-order chi connectivity index (χ1) is 8.62. The van der Waals surface area contributed by atoms with Crippen molar-refractivity contribution < 1.29 is 8.42 Å². The molecule has 18 heavy (non-hydrogen) atoms. The molecule has 0 unspecified atom stereocenters. The third kappa shape index (κ3) is 2.74. The molecule has 0 amide bonds. The van der Waals surface area contributed by atoms with Crippen LogP contribution >= 0.6 is 0 Å². The smallest absolute Gasteiger partial charge is 0.240 e. The molecule has 0 aliphatic rings. The van der Waals surface area contributed by atoms with Crippen molar-refractivity contribution in [2.24, 2.45) is 0 Å². The van der Waals surface area contributed by atoms with Crippen molar-refractivity contribution in [1.29, 1.82) is 5.26 Å². The molecule has 2 aromatic rings. The molecule has 0 aliphatic heterocycles. The SMILES string of the molecule is N#Cc1ccc(S(=O)(=O)NCc2cnc[nH]2)cc1. The Morgan fingerprint density at radius 2 is 2.06 bits per heavy atom. The fourth-order valence-electron chi connectivity index (χ4n) is 1.35. The van der Waals surface area contributed by atoms with Crippen LogP contribution < -0.4 is 4.72 Å². The lowest BCUT2D eigenvalue weighted by Crippen LogP contribution is -2.23. The molecule has 1 heterocycles. The molecule has 0 aliphatic carbocycles. The predicted molar refractivity (Wildman–Crippen MR) is 63.8 cm³/mol. The topological polar surface area (TPSA) is 98.6 Å². The lowest BCUT2D eigenvalue weighted by atomic mass is 10.2. The van der Waals surface area contributed by atoms with Crippen LogP contribution in [-0.4, -0.2) is 18.4 Å². The van der Waals surface area contributed by atoms with Gasteiger partial charge in [-0.2, -0.15) is 5.26 Å². The van der Waals surface area contributed by atoms with E-state index in [1.165, 1.54) is 30.6 Å². The fraction of sp³-hybridized carbons (Fsp3) is 0.0909. The average molecular weight is 262 g/mol. The first-order valence-electron chi connectivity index (χ1n) is 5.09. The number of nitriles is 1. The van der Waals surface area contributed by atoms with E-state index in [1.807, 2.05) is 6.07 Å². The highest BCUT2D eigenvalue weighted by Crippen LogP contribution is 2.10. The number of hydrogen-bond acceptors (Lipinski definition) is 4. The molecule has 7 heteroatoms. The molecule has 2 N–H and O–H groups in total. The zero-order chi connectivity index (χ0) is 13.0. The minimum absolute atomic E-state index is 0.126. The van der Waals surface area contributed by atoms with Gasteiger partial charge in [0.25, 0.3) is 0 Å². The first kappa shape index (κ1) is 12.3. The maximum Gasteiger partial charge on any atom is 0.240 e. The van der Waals surface area contributed by atoms with Gasteiger partial charge in [-0.05, 0) is 24.3 Å². The van der Waals surface area contributed by atoms with Gasteiger partial charge in [0, 0.05) is 11.9 Å². The lowest BCUT2D eigenvalue weighted by molar-refractivity contribution is 0.580. The van der Waals surface area contributed by atoms with Crippen LogP contribution in [0, 0.1) is 11.3 Å². The third-order valence-electron chi connectivity index (χ3n) is 2.30. The zero-order valence-electron chi connectivity index (χ0n) is 9.29. The van der Waals surface area contributed by atoms with E-state index in [2.05, 4.69) is 14.7 Å². The Morgan fingerprint density at radius 1 is 1.33 bits per heavy atom. The number of sulfonamides is 1. The van der Waals surface area contributed by atoms with Gasteiger partial charge in [0.15, 0.2) is 0 Å². The quantitative estimate of drug-likeness (QED) is 0.849. The Morgan fingerprint density at radius 3 is 2.61 bits per heavy atom. The van der Waals surface area contributed by atoms with Crippen molar-refractivity contribution in [2.45, 2.75) is 11.4 Å². The van der Waals surface area contributed by atoms with Crippen molar-refractivity contribution in [3.63, 3.8) is 0 Å². The maximum atomic E-state index is 11.9. The Labute approximate surface area is 104 Å². The van der Waals surface area contributed by atoms with Gasteiger partial charge >= 0.3 is 0 Å². The number of nitrogens with zero attached hydrogens (tertiary/aromatic N) is 2. The van der Waals surface area contributed by atoms with E-state index in [4.69, 9.17) is 5.26 Å². The maximum absolute atomic E-state index is 11.9. The second kappa shape index (κ2) is 5.00. The highest BCUT2D eigenvalue weighted by atomic mass is 32.2. The number of benzene rings is 1. The van der Waals surface area contributed by atoms with Crippen LogP contribution in [-0.2, 0) is 16.6 Å². The van der Waals surface area contributed by atoms with Crippen molar-refractivity contribution >= 4 is 10.0 Å². The molecule has 2 rings (SSSR count). The molecular weight excluding hydrogens is 252 g/mol. The number of hydrogen-bond donors (Lipinski definition) is 2. The van der Waals surface area contributed by atoms with Gasteiger partial charge in [-0.1, -0.05) is 0 Å². The molecule has 6 nitrogen and oxygen atoms in total. The van der Waals surface area contributed by atoms with E-state index in [1.54, 1.807) is 6.20 Å². The van der Waals surface area contributed by atoms with E-state index in [-0.39, 0.29) is 11.4 Å². The Hall–Kier alpha value is -2.17. The molecule has 0 saturated carbocycles. The summed E-state index contributed by atoms with van der Waals surface area (Å²) < 4.78 is 26.2. The van der Waals surface area contributed by atoms with E-state index in [0.717, 1.165) is 0 Å². The minimum Gasteiger partial charge on any atom is -0.347 e. The summed E-state index contributed by atoms with van der Waals surface area (Å²) in [5.41, 5.74) is 1.09. The van der Waals surface area contributed by atoms with E-state index in [0.29, 0.717) is 11.3 Å². The normalized spacial score (nSPS) is 11.1. The average Bonchev–Trinajstić information content (AvgIpc) is 2.90. The fourth-order valence-corrected chi connectivity index (χ4v) is 2.35. The van der Waals surface area contributed by atoms with Crippen molar-refractivity contribution in [3.8, 4) is 6.07 Å². The molecule has 1 aromatic heterocycles. The molecule has 0 radical (unpaired) electrons. The van der Waals surface area contributed by atoms with Gasteiger partial charge < -0.3 is 4.98 Å². The molecule has 92 valence electrons. The van der Waals surface area contributed by atoms with Crippen LogP contribution in [0.25, 0.3) is 0 Å². The summed E-state index contributed by atoms with van der Waals surface area (Å²) in [4.78, 5) is 6.72. The van der Waals surface area contributed by atoms with Gasteiger partial charge in [-0.25, -0.2) is 18.1 Å². The van der Waals surface area contributed by atoms with Gasteiger partial charge in [0.2, 0.25) is 10.0 Å². The molecule has 0 bridgehead atoms.